The fourth-order valence-corrected chi connectivity index (χ4v) is 4.53. The molecule has 0 bridgehead atoms. The molecule has 0 aliphatic carbocycles. The fraction of sp³-hybridized carbons (Fsp3) is 0.632. The fourth-order valence-electron chi connectivity index (χ4n) is 3.66. The van der Waals surface area contributed by atoms with E-state index >= 15 is 0 Å². The van der Waals surface area contributed by atoms with Crippen LogP contribution < -0.4 is 5.32 Å². The highest BCUT2D eigenvalue weighted by atomic mass is 32.2. The summed E-state index contributed by atoms with van der Waals surface area (Å²) in [6, 6.07) is 5.95. The van der Waals surface area contributed by atoms with Crippen LogP contribution in [-0.4, -0.2) is 68.3 Å². The van der Waals surface area contributed by atoms with Crippen molar-refractivity contribution < 1.29 is 22.3 Å². The van der Waals surface area contributed by atoms with Crippen molar-refractivity contribution in [2.24, 2.45) is 0 Å². The van der Waals surface area contributed by atoms with Gasteiger partial charge in [0.2, 0.25) is 10.0 Å². The molecule has 9 heteroatoms. The third-order valence-corrected chi connectivity index (χ3v) is 6.64. The van der Waals surface area contributed by atoms with E-state index < -0.39 is 10.0 Å². The van der Waals surface area contributed by atoms with Gasteiger partial charge in [-0.05, 0) is 43.4 Å². The lowest BCUT2D eigenvalue weighted by Crippen LogP contribution is -2.47. The summed E-state index contributed by atoms with van der Waals surface area (Å²) in [4.78, 5) is 14.1. The minimum Gasteiger partial charge on any atom is -0.375 e. The van der Waals surface area contributed by atoms with Crippen LogP contribution in [0.4, 0.5) is 9.18 Å². The Labute approximate surface area is 165 Å². The Morgan fingerprint density at radius 1 is 1.07 bits per heavy atom. The van der Waals surface area contributed by atoms with Crippen molar-refractivity contribution in [3.8, 4) is 0 Å². The summed E-state index contributed by atoms with van der Waals surface area (Å²) < 4.78 is 43.7. The molecule has 2 aliphatic rings. The van der Waals surface area contributed by atoms with Crippen molar-refractivity contribution in [2.75, 3.05) is 32.4 Å². The number of piperidine rings is 2. The summed E-state index contributed by atoms with van der Waals surface area (Å²) >= 11 is 0. The van der Waals surface area contributed by atoms with Gasteiger partial charge in [-0.15, -0.1) is 0 Å². The maximum absolute atomic E-state index is 12.9. The van der Waals surface area contributed by atoms with E-state index in [0.717, 1.165) is 18.4 Å². The number of carbonyl (C=O) groups excluding carboxylic acids is 1. The first-order valence-electron chi connectivity index (χ1n) is 9.69. The Hall–Kier alpha value is -1.71. The van der Waals surface area contributed by atoms with Gasteiger partial charge < -0.3 is 15.0 Å². The minimum absolute atomic E-state index is 0.0850. The highest BCUT2D eigenvalue weighted by molar-refractivity contribution is 7.88. The zero-order chi connectivity index (χ0) is 20.1. The van der Waals surface area contributed by atoms with Gasteiger partial charge in [-0.1, -0.05) is 12.1 Å². The van der Waals surface area contributed by atoms with Gasteiger partial charge in [0.15, 0.2) is 0 Å². The number of nitrogens with one attached hydrogen (secondary N) is 1. The summed E-state index contributed by atoms with van der Waals surface area (Å²) in [5, 5.41) is 2.86. The predicted octanol–water partition coefficient (Wildman–Crippen LogP) is 1.94. The van der Waals surface area contributed by atoms with Crippen LogP contribution in [0.5, 0.6) is 0 Å². The van der Waals surface area contributed by atoms with Gasteiger partial charge in [-0.3, -0.25) is 0 Å². The largest absolute Gasteiger partial charge is 0.375 e. The van der Waals surface area contributed by atoms with Crippen molar-refractivity contribution in [3.05, 3.63) is 35.6 Å². The van der Waals surface area contributed by atoms with Gasteiger partial charge >= 0.3 is 6.03 Å². The molecular formula is C19H28FN3O4S. The Balaban J connectivity index is 1.36. The number of nitrogens with zero attached hydrogens (tertiary/aromatic N) is 2. The molecule has 156 valence electrons. The first kappa shape index (κ1) is 21.0. The highest BCUT2D eigenvalue weighted by Crippen LogP contribution is 2.22. The monoisotopic (exact) mass is 413 g/mol. The molecule has 0 aromatic heterocycles. The molecule has 2 saturated heterocycles. The van der Waals surface area contributed by atoms with E-state index in [-0.39, 0.29) is 24.1 Å². The van der Waals surface area contributed by atoms with E-state index in [1.807, 2.05) is 0 Å². The van der Waals surface area contributed by atoms with Gasteiger partial charge in [0.1, 0.15) is 5.82 Å². The second-order valence-electron chi connectivity index (χ2n) is 7.47. The number of sulfonamides is 1. The molecule has 0 radical (unpaired) electrons. The number of amides is 2. The van der Waals surface area contributed by atoms with Crippen molar-refractivity contribution in [3.63, 3.8) is 0 Å². The Morgan fingerprint density at radius 2 is 1.61 bits per heavy atom. The second-order valence-corrected chi connectivity index (χ2v) is 9.45. The Kier molecular flexibility index (Phi) is 6.90. The molecule has 2 heterocycles. The van der Waals surface area contributed by atoms with Crippen LogP contribution in [0, 0.1) is 5.82 Å². The van der Waals surface area contributed by atoms with Gasteiger partial charge in [-0.2, -0.15) is 0 Å². The first-order chi connectivity index (χ1) is 13.3. The Bertz CT molecular complexity index is 756. The van der Waals surface area contributed by atoms with Crippen LogP contribution in [0.3, 0.4) is 0 Å². The number of urea groups is 1. The molecule has 1 aromatic rings. The molecule has 3 rings (SSSR count). The lowest BCUT2D eigenvalue weighted by Gasteiger charge is -2.36. The van der Waals surface area contributed by atoms with Gasteiger partial charge in [0, 0.05) is 32.7 Å². The molecule has 0 spiro atoms. The number of halogens is 1. The van der Waals surface area contributed by atoms with Crippen molar-refractivity contribution >= 4 is 16.1 Å². The van der Waals surface area contributed by atoms with Gasteiger partial charge in [0.05, 0.1) is 18.5 Å². The quantitative estimate of drug-likeness (QED) is 0.800. The lowest BCUT2D eigenvalue weighted by molar-refractivity contribution is -0.0546. The topological polar surface area (TPSA) is 79.0 Å². The van der Waals surface area contributed by atoms with Crippen LogP contribution in [0.2, 0.25) is 0 Å². The van der Waals surface area contributed by atoms with E-state index in [1.165, 1.54) is 22.7 Å². The van der Waals surface area contributed by atoms with E-state index in [9.17, 15) is 17.6 Å². The van der Waals surface area contributed by atoms with Crippen molar-refractivity contribution in [2.45, 2.75) is 44.4 Å². The number of likely N-dealkylation sites (tertiary alicyclic amines) is 1. The normalized spacial score (nSPS) is 20.3. The van der Waals surface area contributed by atoms with Crippen LogP contribution in [0.25, 0.3) is 0 Å². The number of ether oxygens (including phenoxy) is 1. The molecule has 0 unspecified atom stereocenters. The van der Waals surface area contributed by atoms with Gasteiger partial charge in [0.25, 0.3) is 0 Å². The number of rotatable bonds is 5. The van der Waals surface area contributed by atoms with E-state index in [1.54, 1.807) is 17.0 Å². The SMILES string of the molecule is CS(=O)(=O)N1CCC(OC2CCN(C(=O)NCc3ccc(F)cc3)CC2)CC1. The average molecular weight is 414 g/mol. The Morgan fingerprint density at radius 3 is 2.14 bits per heavy atom. The maximum atomic E-state index is 12.9. The van der Waals surface area contributed by atoms with Crippen LogP contribution in [0.1, 0.15) is 31.2 Å². The molecule has 1 aromatic carbocycles. The van der Waals surface area contributed by atoms with Crippen LogP contribution in [-0.2, 0) is 21.3 Å². The molecule has 7 nitrogen and oxygen atoms in total. The molecule has 1 N–H and O–H groups in total. The summed E-state index contributed by atoms with van der Waals surface area (Å²) in [7, 11) is -3.12. The second kappa shape index (κ2) is 9.19. The minimum atomic E-state index is -3.12. The third kappa shape index (κ3) is 5.89. The molecule has 0 atom stereocenters. The van der Waals surface area contributed by atoms with E-state index in [0.29, 0.717) is 45.6 Å². The number of carbonyl (C=O) groups is 1. The first-order valence-corrected chi connectivity index (χ1v) is 11.5. The molecular weight excluding hydrogens is 385 g/mol. The number of benzene rings is 1. The molecule has 0 saturated carbocycles. The van der Waals surface area contributed by atoms with Gasteiger partial charge in [-0.25, -0.2) is 21.9 Å². The predicted molar refractivity (Wildman–Crippen MR) is 104 cm³/mol. The van der Waals surface area contributed by atoms with E-state index in [4.69, 9.17) is 4.74 Å². The molecule has 28 heavy (non-hydrogen) atoms. The zero-order valence-corrected chi connectivity index (χ0v) is 17.0. The summed E-state index contributed by atoms with van der Waals surface area (Å²) in [6.07, 6.45) is 4.41. The third-order valence-electron chi connectivity index (χ3n) is 5.34. The standard InChI is InChI=1S/C19H28FN3O4S/c1-28(25,26)23-12-8-18(9-13-23)27-17-6-10-22(11-7-17)19(24)21-14-15-2-4-16(20)5-3-15/h2-5,17-18H,6-14H2,1H3,(H,21,24). The van der Waals surface area contributed by atoms with Crippen molar-refractivity contribution in [1.29, 1.82) is 0 Å². The summed E-state index contributed by atoms with van der Waals surface area (Å²) in [5.41, 5.74) is 0.855. The summed E-state index contributed by atoms with van der Waals surface area (Å²) in [6.45, 7) is 2.64. The molecule has 2 amide bonds. The molecule has 2 aliphatic heterocycles. The zero-order valence-electron chi connectivity index (χ0n) is 16.1. The number of hydrogen-bond acceptors (Lipinski definition) is 4. The highest BCUT2D eigenvalue weighted by Gasteiger charge is 2.29. The van der Waals surface area contributed by atoms with Crippen LogP contribution in [0.15, 0.2) is 24.3 Å². The van der Waals surface area contributed by atoms with Crippen molar-refractivity contribution in [1.82, 2.24) is 14.5 Å². The average Bonchev–Trinajstić information content (AvgIpc) is 2.67. The number of hydrogen-bond donors (Lipinski definition) is 1. The molecule has 2 fully saturated rings. The summed E-state index contributed by atoms with van der Waals surface area (Å²) in [5.74, 6) is -0.292. The van der Waals surface area contributed by atoms with Crippen LogP contribution >= 0.6 is 0 Å². The smallest absolute Gasteiger partial charge is 0.317 e. The lowest BCUT2D eigenvalue weighted by atomic mass is 10.1. The maximum Gasteiger partial charge on any atom is 0.317 e. The van der Waals surface area contributed by atoms with E-state index in [2.05, 4.69) is 5.32 Å².